The first-order valence-corrected chi connectivity index (χ1v) is 13.0. The summed E-state index contributed by atoms with van der Waals surface area (Å²) in [5.74, 6) is 1.05. The molecule has 1 aromatic carbocycles. The van der Waals surface area contributed by atoms with E-state index in [1.807, 2.05) is 12.1 Å². The van der Waals surface area contributed by atoms with E-state index >= 15 is 0 Å². The summed E-state index contributed by atoms with van der Waals surface area (Å²) in [7, 11) is 0. The van der Waals surface area contributed by atoms with Crippen molar-refractivity contribution in [2.45, 2.75) is 69.2 Å². The number of benzene rings is 1. The molecule has 3 amide bonds. The molecule has 2 saturated heterocycles. The number of amides is 3. The number of hydrogen-bond acceptors (Lipinski definition) is 7. The van der Waals surface area contributed by atoms with Gasteiger partial charge in [-0.2, -0.15) is 0 Å². The molecular formula is C26H28ClN5O4. The van der Waals surface area contributed by atoms with Gasteiger partial charge in [-0.1, -0.05) is 18.0 Å². The molecule has 4 aliphatic rings. The van der Waals surface area contributed by atoms with Crippen molar-refractivity contribution in [1.82, 2.24) is 25.1 Å². The number of carbonyl (C=O) groups excluding carboxylic acids is 3. The van der Waals surface area contributed by atoms with Crippen molar-refractivity contribution in [3.05, 3.63) is 52.6 Å². The van der Waals surface area contributed by atoms with E-state index in [1.54, 1.807) is 23.4 Å². The van der Waals surface area contributed by atoms with Crippen LogP contribution in [-0.2, 0) is 16.1 Å². The molecule has 1 N–H and O–H groups in total. The summed E-state index contributed by atoms with van der Waals surface area (Å²) >= 11 is 5.92. The van der Waals surface area contributed by atoms with Crippen molar-refractivity contribution in [3.63, 3.8) is 0 Å². The number of hydrogen-bond donors (Lipinski definition) is 1. The van der Waals surface area contributed by atoms with Crippen molar-refractivity contribution in [1.29, 1.82) is 0 Å². The van der Waals surface area contributed by atoms with Gasteiger partial charge in [-0.25, -0.2) is 9.97 Å². The Morgan fingerprint density at radius 2 is 1.81 bits per heavy atom. The zero-order chi connectivity index (χ0) is 24.8. The Labute approximate surface area is 214 Å². The smallest absolute Gasteiger partial charge is 0.255 e. The summed E-state index contributed by atoms with van der Waals surface area (Å²) in [6.07, 6.45) is 8.37. The van der Waals surface area contributed by atoms with E-state index in [2.05, 4.69) is 20.2 Å². The van der Waals surface area contributed by atoms with Gasteiger partial charge in [0.1, 0.15) is 23.7 Å². The normalized spacial score (nSPS) is 27.0. The number of aromatic nitrogens is 2. The van der Waals surface area contributed by atoms with E-state index < -0.39 is 11.9 Å². The van der Waals surface area contributed by atoms with Crippen LogP contribution in [0.5, 0.6) is 5.75 Å². The van der Waals surface area contributed by atoms with Crippen LogP contribution in [0.3, 0.4) is 0 Å². The Kier molecular flexibility index (Phi) is 6.13. The van der Waals surface area contributed by atoms with Gasteiger partial charge >= 0.3 is 0 Å². The Morgan fingerprint density at radius 3 is 2.58 bits per heavy atom. The lowest BCUT2D eigenvalue weighted by molar-refractivity contribution is -0.136. The van der Waals surface area contributed by atoms with Crippen molar-refractivity contribution < 1.29 is 19.1 Å². The molecule has 1 saturated carbocycles. The molecule has 3 aliphatic heterocycles. The zero-order valence-corrected chi connectivity index (χ0v) is 20.6. The number of carbonyl (C=O) groups is 3. The maximum atomic E-state index is 13.0. The Morgan fingerprint density at radius 1 is 1.03 bits per heavy atom. The third-order valence-electron chi connectivity index (χ3n) is 7.83. The fraction of sp³-hybridized carbons (Fsp3) is 0.500. The molecule has 0 radical (unpaired) electrons. The van der Waals surface area contributed by atoms with E-state index in [1.165, 1.54) is 6.42 Å². The lowest BCUT2D eigenvalue weighted by atomic mass is 9.86. The number of imide groups is 1. The Bertz CT molecular complexity index is 1200. The number of rotatable bonds is 5. The van der Waals surface area contributed by atoms with Crippen molar-refractivity contribution >= 4 is 29.3 Å². The second-order valence-electron chi connectivity index (χ2n) is 10.1. The first-order chi connectivity index (χ1) is 17.5. The lowest BCUT2D eigenvalue weighted by Gasteiger charge is -2.47. The Hall–Kier alpha value is -3.04. The molecular weight excluding hydrogens is 482 g/mol. The zero-order valence-electron chi connectivity index (χ0n) is 19.9. The van der Waals surface area contributed by atoms with Crippen molar-refractivity contribution in [3.8, 4) is 5.75 Å². The summed E-state index contributed by atoms with van der Waals surface area (Å²) in [5.41, 5.74) is 1.46. The molecule has 3 atom stereocenters. The van der Waals surface area contributed by atoms with Gasteiger partial charge in [-0.15, -0.1) is 0 Å². The Balaban J connectivity index is 1.11. The highest BCUT2D eigenvalue weighted by molar-refractivity contribution is 6.30. The van der Waals surface area contributed by atoms with Crippen LogP contribution in [0.2, 0.25) is 5.02 Å². The minimum absolute atomic E-state index is 0.0761. The van der Waals surface area contributed by atoms with Crippen molar-refractivity contribution in [2.75, 3.05) is 13.1 Å². The number of fused-ring (bicyclic) bond motifs is 1. The monoisotopic (exact) mass is 509 g/mol. The molecule has 10 heteroatoms. The quantitative estimate of drug-likeness (QED) is 0.618. The summed E-state index contributed by atoms with van der Waals surface area (Å²) < 4.78 is 6.51. The molecule has 1 unspecified atom stereocenters. The molecule has 1 aliphatic carbocycles. The lowest BCUT2D eigenvalue weighted by Crippen LogP contribution is -2.57. The van der Waals surface area contributed by atoms with E-state index in [9.17, 15) is 14.4 Å². The SMILES string of the molecule is O=C1CCC(N2Cc3cc(O[C@@H]4CCCC[C@H]4N4CC(c5ncc(Cl)cn5)C4)ccc3C2=O)C(=O)N1. The summed E-state index contributed by atoms with van der Waals surface area (Å²) in [4.78, 5) is 49.6. The minimum Gasteiger partial charge on any atom is -0.489 e. The predicted octanol–water partition coefficient (Wildman–Crippen LogP) is 2.68. The number of ether oxygens (including phenoxy) is 1. The van der Waals surface area contributed by atoms with Gasteiger partial charge in [0.05, 0.1) is 5.02 Å². The fourth-order valence-electron chi connectivity index (χ4n) is 5.91. The summed E-state index contributed by atoms with van der Waals surface area (Å²) in [6.45, 7) is 2.16. The summed E-state index contributed by atoms with van der Waals surface area (Å²) in [5, 5.41) is 2.89. The molecule has 9 nitrogen and oxygen atoms in total. The molecule has 3 fully saturated rings. The van der Waals surface area contributed by atoms with Gasteiger partial charge in [-0.05, 0) is 49.4 Å². The van der Waals surface area contributed by atoms with Crippen molar-refractivity contribution in [2.24, 2.45) is 0 Å². The van der Waals surface area contributed by atoms with Gasteiger partial charge in [0.25, 0.3) is 5.91 Å². The second-order valence-corrected chi connectivity index (χ2v) is 10.6. The van der Waals surface area contributed by atoms with Crippen LogP contribution in [0.15, 0.2) is 30.6 Å². The number of nitrogens with zero attached hydrogens (tertiary/aromatic N) is 4. The van der Waals surface area contributed by atoms with Gasteiger partial charge in [0, 0.05) is 56.0 Å². The highest BCUT2D eigenvalue weighted by Gasteiger charge is 2.41. The molecule has 1 aromatic heterocycles. The molecule has 188 valence electrons. The molecule has 4 heterocycles. The van der Waals surface area contributed by atoms with Crippen LogP contribution in [0.1, 0.15) is 66.2 Å². The number of piperidine rings is 1. The average molecular weight is 510 g/mol. The maximum absolute atomic E-state index is 13.0. The third-order valence-corrected chi connectivity index (χ3v) is 8.03. The van der Waals surface area contributed by atoms with Gasteiger partial charge < -0.3 is 9.64 Å². The summed E-state index contributed by atoms with van der Waals surface area (Å²) in [6, 6.07) is 5.31. The number of halogens is 1. The fourth-order valence-corrected chi connectivity index (χ4v) is 6.01. The van der Waals surface area contributed by atoms with Gasteiger partial charge in [-0.3, -0.25) is 24.6 Å². The maximum Gasteiger partial charge on any atom is 0.255 e. The standard InChI is InChI=1S/C26H28ClN5O4/c27-17-10-28-24(29-11-17)16-12-31(13-16)20-3-1-2-4-22(20)36-18-5-6-19-15(9-18)14-32(26(19)35)21-7-8-23(33)30-25(21)34/h5-6,9-11,16,20-22H,1-4,7-8,12-14H2,(H,30,33,34)/t20-,21?,22-/m1/s1. The topological polar surface area (TPSA) is 105 Å². The number of nitrogens with one attached hydrogen (secondary N) is 1. The molecule has 0 bridgehead atoms. The second kappa shape index (κ2) is 9.44. The van der Waals surface area contributed by atoms with Gasteiger partial charge in [0.15, 0.2) is 0 Å². The average Bonchev–Trinajstić information content (AvgIpc) is 3.16. The van der Waals surface area contributed by atoms with Crippen LogP contribution >= 0.6 is 11.6 Å². The first kappa shape index (κ1) is 23.4. The highest BCUT2D eigenvalue weighted by atomic mass is 35.5. The van der Waals surface area contributed by atoms with Crippen LogP contribution in [0, 0.1) is 0 Å². The molecule has 2 aromatic rings. The molecule has 36 heavy (non-hydrogen) atoms. The molecule has 6 rings (SSSR count). The highest BCUT2D eigenvalue weighted by Crippen LogP contribution is 2.36. The third kappa shape index (κ3) is 4.35. The van der Waals surface area contributed by atoms with E-state index in [0.717, 1.165) is 49.5 Å². The first-order valence-electron chi connectivity index (χ1n) is 12.6. The van der Waals surface area contributed by atoms with E-state index in [-0.39, 0.29) is 24.3 Å². The van der Waals surface area contributed by atoms with Crippen LogP contribution < -0.4 is 10.1 Å². The van der Waals surface area contributed by atoms with Gasteiger partial charge in [0.2, 0.25) is 11.8 Å². The molecule has 0 spiro atoms. The van der Waals surface area contributed by atoms with Crippen LogP contribution in [0.25, 0.3) is 0 Å². The predicted molar refractivity (Wildman–Crippen MR) is 131 cm³/mol. The number of likely N-dealkylation sites (tertiary alicyclic amines) is 1. The van der Waals surface area contributed by atoms with Crippen LogP contribution in [-0.4, -0.2) is 68.8 Å². The largest absolute Gasteiger partial charge is 0.489 e. The van der Waals surface area contributed by atoms with E-state index in [0.29, 0.717) is 35.5 Å². The van der Waals surface area contributed by atoms with E-state index in [4.69, 9.17) is 16.3 Å². The minimum atomic E-state index is -0.612. The van der Waals surface area contributed by atoms with Crippen LogP contribution in [0.4, 0.5) is 0 Å².